The number of sulfone groups is 1. The minimum absolute atomic E-state index is 0.0593. The van der Waals surface area contributed by atoms with Crippen LogP contribution in [0.1, 0.15) is 78.5 Å². The number of hydrogen-bond acceptors (Lipinski definition) is 9. The number of nitrogens with two attached hydrogens (primary N) is 1. The molecule has 2 aliphatic carbocycles. The van der Waals surface area contributed by atoms with Crippen molar-refractivity contribution in [2.45, 2.75) is 74.6 Å². The highest BCUT2D eigenvalue weighted by Crippen LogP contribution is 2.68. The number of primary amides is 1. The van der Waals surface area contributed by atoms with Gasteiger partial charge in [-0.2, -0.15) is 19.0 Å². The van der Waals surface area contributed by atoms with Crippen molar-refractivity contribution in [2.24, 2.45) is 11.7 Å². The molecule has 6 aromatic rings. The van der Waals surface area contributed by atoms with Gasteiger partial charge in [0.2, 0.25) is 15.9 Å². The summed E-state index contributed by atoms with van der Waals surface area (Å²) in [5.41, 5.74) is 0.678. The first-order valence-corrected chi connectivity index (χ1v) is 23.5. The summed E-state index contributed by atoms with van der Waals surface area (Å²) in [6.45, 7) is 1.43. The fourth-order valence-electron chi connectivity index (χ4n) is 8.66. The largest absolute Gasteiger partial charge is 0.368 e. The summed E-state index contributed by atoms with van der Waals surface area (Å²) in [5.74, 6) is -13.6. The molecule has 8 rings (SSSR count). The van der Waals surface area contributed by atoms with E-state index in [1.54, 1.807) is 0 Å². The molecule has 346 valence electrons. The van der Waals surface area contributed by atoms with Gasteiger partial charge in [-0.05, 0) is 80.1 Å². The molecule has 0 spiro atoms. The number of aromatic nitrogens is 6. The Morgan fingerprint density at radius 2 is 1.66 bits per heavy atom. The van der Waals surface area contributed by atoms with Crippen molar-refractivity contribution >= 4 is 65.0 Å². The predicted octanol–water partition coefficient (Wildman–Crippen LogP) is 6.98. The summed E-state index contributed by atoms with van der Waals surface area (Å²) >= 11 is 6.56. The van der Waals surface area contributed by atoms with Gasteiger partial charge in [-0.1, -0.05) is 17.7 Å². The number of carbonyl (C=O) groups excluding carboxylic acids is 1. The van der Waals surface area contributed by atoms with Crippen LogP contribution in [0.2, 0.25) is 5.02 Å². The molecule has 1 amide bonds. The van der Waals surface area contributed by atoms with E-state index in [9.17, 15) is 48.0 Å². The van der Waals surface area contributed by atoms with Crippen molar-refractivity contribution < 1.29 is 56.8 Å². The minimum atomic E-state index is -4.21. The third-order valence-electron chi connectivity index (χ3n) is 11.9. The first-order chi connectivity index (χ1) is 30.1. The predicted molar refractivity (Wildman–Crippen MR) is 221 cm³/mol. The molecular formula is C40H35ClF8N8O6S2. The Hall–Kier alpha value is -5.62. The summed E-state index contributed by atoms with van der Waals surface area (Å²) in [5, 5.41) is 6.90. The van der Waals surface area contributed by atoms with E-state index in [1.807, 2.05) is 0 Å². The van der Waals surface area contributed by atoms with Crippen LogP contribution >= 0.6 is 11.6 Å². The van der Waals surface area contributed by atoms with Crippen LogP contribution in [-0.2, 0) is 48.3 Å². The number of sulfonamides is 1. The molecule has 0 aliphatic heterocycles. The second-order valence-corrected chi connectivity index (χ2v) is 21.3. The number of fused-ring (bicyclic) bond motifs is 5. The van der Waals surface area contributed by atoms with Crippen molar-refractivity contribution in [2.75, 3.05) is 17.2 Å². The van der Waals surface area contributed by atoms with E-state index >= 15 is 13.6 Å². The molecule has 3 N–H and O–H groups in total. The van der Waals surface area contributed by atoms with Crippen molar-refractivity contribution in [3.8, 4) is 5.69 Å². The zero-order valence-corrected chi connectivity index (χ0v) is 36.5. The standard InChI is InChI=1S/C40H35ClF8N8O6S2/c1-39(2,64(3,60)61)17-5-6-20-25(12-17)51-37(56(38(20)59)26-8-7-24(41)29-32(26)55(15-27(44)45)53-36(29)54-65(4,62)63)22(11-16-9-18(42)13-19(43)10-16)31(35(50)58)57-33-28(30(52-57)34(46)47)21-14-23(21)40(33,48)49/h5-10,12-13,21-23,27,31,34H,11,14-15H2,1-4H3,(H2,50,58)(H,53,54)/t21-,22-,23+,31?/m0/s1. The average molecular weight is 975 g/mol. The van der Waals surface area contributed by atoms with E-state index in [4.69, 9.17) is 22.3 Å². The van der Waals surface area contributed by atoms with E-state index in [0.717, 1.165) is 36.8 Å². The highest BCUT2D eigenvalue weighted by molar-refractivity contribution is 7.92. The van der Waals surface area contributed by atoms with Crippen LogP contribution in [0.5, 0.6) is 0 Å². The monoisotopic (exact) mass is 974 g/mol. The van der Waals surface area contributed by atoms with Gasteiger partial charge in [-0.3, -0.25) is 23.6 Å². The molecule has 25 heteroatoms. The minimum Gasteiger partial charge on any atom is -0.368 e. The SMILES string of the molecule is CC(C)(c1ccc2c(=O)n(-c3ccc(Cl)c4c(NS(C)(=O)=O)nn(CC(F)F)c34)c([C@@H](Cc3cc(F)cc(F)c3)C(C(N)=O)n3nc(C(F)F)c4c3C(F)(F)[C@@H]3C[C@H]43)nc2c1)S(C)(=O)=O. The maximum atomic E-state index is 16.3. The van der Waals surface area contributed by atoms with Crippen LogP contribution in [0, 0.1) is 17.6 Å². The number of rotatable bonds is 14. The van der Waals surface area contributed by atoms with Gasteiger partial charge in [0.25, 0.3) is 24.3 Å². The highest BCUT2D eigenvalue weighted by Gasteiger charge is 2.68. The summed E-state index contributed by atoms with van der Waals surface area (Å²) in [6, 6.07) is 5.57. The Bertz CT molecular complexity index is 3270. The molecule has 0 bridgehead atoms. The molecule has 1 unspecified atom stereocenters. The van der Waals surface area contributed by atoms with Gasteiger partial charge in [0.05, 0.1) is 49.4 Å². The van der Waals surface area contributed by atoms with Gasteiger partial charge in [0.15, 0.2) is 15.7 Å². The molecule has 14 nitrogen and oxygen atoms in total. The Balaban J connectivity index is 1.54. The number of halogens is 9. The van der Waals surface area contributed by atoms with E-state index in [2.05, 4.69) is 14.9 Å². The molecule has 4 atom stereocenters. The van der Waals surface area contributed by atoms with E-state index in [-0.39, 0.29) is 38.9 Å². The molecule has 0 radical (unpaired) electrons. The molecule has 2 aliphatic rings. The second kappa shape index (κ2) is 15.5. The molecular weight excluding hydrogens is 940 g/mol. The lowest BCUT2D eigenvalue weighted by Gasteiger charge is -2.30. The number of nitrogens with zero attached hydrogens (tertiary/aromatic N) is 6. The number of benzene rings is 3. The third kappa shape index (κ3) is 7.79. The number of carbonyl (C=O) groups is 1. The summed E-state index contributed by atoms with van der Waals surface area (Å²) in [7, 11) is -8.13. The second-order valence-electron chi connectivity index (χ2n) is 16.6. The summed E-state index contributed by atoms with van der Waals surface area (Å²) < 4.78 is 173. The van der Waals surface area contributed by atoms with Crippen LogP contribution < -0.4 is 16.0 Å². The third-order valence-corrected chi connectivity index (χ3v) is 14.9. The van der Waals surface area contributed by atoms with Crippen LogP contribution in [0.15, 0.2) is 53.3 Å². The van der Waals surface area contributed by atoms with Gasteiger partial charge in [0.1, 0.15) is 41.4 Å². The quantitative estimate of drug-likeness (QED) is 0.108. The first kappa shape index (κ1) is 45.9. The summed E-state index contributed by atoms with van der Waals surface area (Å²) in [6.07, 6.45) is -6.01. The van der Waals surface area contributed by atoms with Gasteiger partial charge in [-0.25, -0.2) is 52.8 Å². The smallest absolute Gasteiger partial charge is 0.293 e. The van der Waals surface area contributed by atoms with Crippen molar-refractivity contribution in [1.82, 2.24) is 29.1 Å². The maximum Gasteiger partial charge on any atom is 0.293 e. The highest BCUT2D eigenvalue weighted by atomic mass is 35.5. The Morgan fingerprint density at radius 1 is 1.00 bits per heavy atom. The Morgan fingerprint density at radius 3 is 2.25 bits per heavy atom. The summed E-state index contributed by atoms with van der Waals surface area (Å²) in [4.78, 5) is 33.9. The first-order valence-electron chi connectivity index (χ1n) is 19.4. The zero-order valence-electron chi connectivity index (χ0n) is 34.1. The molecule has 3 aromatic heterocycles. The molecule has 1 fully saturated rings. The Labute approximate surface area is 368 Å². The normalized spacial score (nSPS) is 18.1. The van der Waals surface area contributed by atoms with Crippen molar-refractivity contribution in [3.63, 3.8) is 0 Å². The van der Waals surface area contributed by atoms with Crippen LogP contribution in [-0.4, -0.2) is 70.8 Å². The lowest BCUT2D eigenvalue weighted by molar-refractivity contribution is -0.122. The maximum absolute atomic E-state index is 16.3. The van der Waals surface area contributed by atoms with Crippen LogP contribution in [0.3, 0.4) is 0 Å². The van der Waals surface area contributed by atoms with Gasteiger partial charge in [0, 0.05) is 23.8 Å². The van der Waals surface area contributed by atoms with Crippen molar-refractivity contribution in [3.05, 3.63) is 109 Å². The lowest BCUT2D eigenvalue weighted by Crippen LogP contribution is -2.39. The fraction of sp³-hybridized carbons (Fsp3) is 0.375. The molecule has 1 saturated carbocycles. The molecule has 3 aromatic carbocycles. The number of nitrogens with one attached hydrogen (secondary N) is 1. The molecule has 65 heavy (non-hydrogen) atoms. The van der Waals surface area contributed by atoms with Gasteiger partial charge < -0.3 is 5.73 Å². The van der Waals surface area contributed by atoms with Gasteiger partial charge in [-0.15, -0.1) is 0 Å². The van der Waals surface area contributed by atoms with E-state index in [0.29, 0.717) is 20.0 Å². The average Bonchev–Trinajstić information content (AvgIpc) is 3.69. The lowest BCUT2D eigenvalue weighted by atomic mass is 9.89. The topological polar surface area (TPSA) is 194 Å². The number of hydrogen-bond donors (Lipinski definition) is 2. The van der Waals surface area contributed by atoms with Crippen LogP contribution in [0.25, 0.3) is 27.5 Å². The number of alkyl halides is 6. The van der Waals surface area contributed by atoms with Crippen molar-refractivity contribution in [1.29, 1.82) is 0 Å². The fourth-order valence-corrected chi connectivity index (χ4v) is 9.95. The van der Waals surface area contributed by atoms with Gasteiger partial charge >= 0.3 is 0 Å². The molecule has 3 heterocycles. The van der Waals surface area contributed by atoms with E-state index < -0.39 is 143 Å². The number of anilines is 1. The zero-order chi connectivity index (χ0) is 47.6. The Kier molecular flexibility index (Phi) is 10.9. The van der Waals surface area contributed by atoms with Crippen LogP contribution in [0.4, 0.5) is 40.9 Å². The van der Waals surface area contributed by atoms with E-state index in [1.165, 1.54) is 32.0 Å². The molecule has 0 saturated heterocycles. The number of amides is 1.